The zero-order chi connectivity index (χ0) is 12.6. The minimum atomic E-state index is -2.97. The van der Waals surface area contributed by atoms with Crippen molar-refractivity contribution >= 4 is 15.9 Å². The average molecular weight is 371 g/mol. The average Bonchev–Trinajstić information content (AvgIpc) is 3.39. The van der Waals surface area contributed by atoms with Crippen LogP contribution in [-0.2, 0) is 10.8 Å². The molecule has 11 rings (SSSR count). The molecular formula is C17H15BrFeO. The fourth-order valence-electron chi connectivity index (χ4n) is 17.9. The van der Waals surface area contributed by atoms with Gasteiger partial charge in [0, 0.05) is 0 Å². The number of hydrogen-bond acceptors (Lipinski definition) is 1. The van der Waals surface area contributed by atoms with Gasteiger partial charge in [-0.15, -0.1) is 0 Å². The summed E-state index contributed by atoms with van der Waals surface area (Å²) in [4.78, 5) is 12.6. The van der Waals surface area contributed by atoms with Gasteiger partial charge in [0.15, 0.2) is 0 Å². The summed E-state index contributed by atoms with van der Waals surface area (Å²) >= 11 is 3.94. The molecule has 10 aliphatic rings. The summed E-state index contributed by atoms with van der Waals surface area (Å²) in [7, 11) is 1.78. The molecule has 104 valence electrons. The Hall–Kier alpha value is 0.0195. The Bertz CT molecular complexity index is 1150. The van der Waals surface area contributed by atoms with E-state index in [0.717, 1.165) is 10.1 Å². The van der Waals surface area contributed by atoms with Gasteiger partial charge in [-0.2, -0.15) is 0 Å². The van der Waals surface area contributed by atoms with E-state index in [9.17, 15) is 0 Å². The molecule has 10 saturated heterocycles. The summed E-state index contributed by atoms with van der Waals surface area (Å²) < 4.78 is 7.69. The monoisotopic (exact) mass is 370 g/mol. The minimum absolute atomic E-state index is 0.865. The van der Waals surface area contributed by atoms with E-state index in [-0.39, 0.29) is 0 Å². The van der Waals surface area contributed by atoms with Crippen LogP contribution in [0.2, 0.25) is 43.3 Å². The molecule has 0 saturated carbocycles. The first-order chi connectivity index (χ1) is 9.49. The fourth-order valence-corrected chi connectivity index (χ4v) is 92.9. The summed E-state index contributed by atoms with van der Waals surface area (Å²) in [6.45, 7) is -2.97. The van der Waals surface area contributed by atoms with E-state index in [1.54, 1.807) is 12.7 Å². The SMILES string of the molecule is COc1ccc([C]23[CH]4[CH]5[CH]6[CH]2[Fe]56432789[CH]3[CH]2[CH]7[CH]8[CH]39)c(Br)c1. The molecule has 1 spiro atoms. The van der Waals surface area contributed by atoms with Gasteiger partial charge in [0.2, 0.25) is 0 Å². The van der Waals surface area contributed by atoms with Crippen LogP contribution in [0.15, 0.2) is 22.7 Å². The van der Waals surface area contributed by atoms with Crippen molar-refractivity contribution in [3.05, 3.63) is 28.2 Å². The summed E-state index contributed by atoms with van der Waals surface area (Å²) in [6.07, 6.45) is 0. The number of hydrogen-bond donors (Lipinski definition) is 0. The van der Waals surface area contributed by atoms with Crippen LogP contribution in [0.5, 0.6) is 5.75 Å². The van der Waals surface area contributed by atoms with Gasteiger partial charge in [0.1, 0.15) is 0 Å². The fraction of sp³-hybridized carbons (Fsp3) is 0.647. The molecule has 0 aromatic heterocycles. The summed E-state index contributed by atoms with van der Waals surface area (Å²) in [5, 5.41) is 0. The van der Waals surface area contributed by atoms with Crippen molar-refractivity contribution in [1.82, 2.24) is 0 Å². The van der Waals surface area contributed by atoms with Crippen LogP contribution >= 0.6 is 15.9 Å². The molecule has 20 heavy (non-hydrogen) atoms. The van der Waals surface area contributed by atoms with E-state index in [1.165, 1.54) is 47.8 Å². The molecule has 1 aromatic carbocycles. The van der Waals surface area contributed by atoms with Crippen molar-refractivity contribution in [2.75, 3.05) is 7.11 Å². The summed E-state index contributed by atoms with van der Waals surface area (Å²) in [5.74, 6) is 1.02. The second kappa shape index (κ2) is 0.745. The molecule has 1 nitrogen and oxygen atoms in total. The van der Waals surface area contributed by atoms with Crippen molar-refractivity contribution < 1.29 is 11.2 Å². The molecule has 0 aliphatic carbocycles. The van der Waals surface area contributed by atoms with Crippen LogP contribution < -0.4 is 4.74 Å². The van der Waals surface area contributed by atoms with Crippen LogP contribution in [0, 0.1) is 0 Å². The molecule has 0 radical (unpaired) electrons. The van der Waals surface area contributed by atoms with E-state index in [2.05, 4.69) is 34.1 Å². The number of ether oxygens (including phenoxy) is 1. The topological polar surface area (TPSA) is 9.23 Å². The van der Waals surface area contributed by atoms with Crippen LogP contribution in [0.1, 0.15) is 5.56 Å². The van der Waals surface area contributed by atoms with Crippen LogP contribution in [0.3, 0.4) is 0 Å². The van der Waals surface area contributed by atoms with Crippen molar-refractivity contribution in [3.63, 3.8) is 0 Å². The van der Waals surface area contributed by atoms with Crippen molar-refractivity contribution in [1.29, 1.82) is 0 Å². The number of methoxy groups -OCH3 is 1. The first-order valence-corrected chi connectivity index (χ1v) is 15.1. The Kier molecular flexibility index (Phi) is 0.300. The van der Waals surface area contributed by atoms with E-state index < -0.39 is 6.51 Å². The first kappa shape index (κ1) is 8.04. The second-order valence-corrected chi connectivity index (χ2v) is 35.9. The number of rotatable bonds is 2. The molecule has 4 atom stereocenters. The predicted molar refractivity (Wildman–Crippen MR) is 76.1 cm³/mol. The maximum absolute atomic E-state index is 5.43. The van der Waals surface area contributed by atoms with Gasteiger partial charge in [-0.25, -0.2) is 0 Å². The van der Waals surface area contributed by atoms with Gasteiger partial charge in [0.05, 0.1) is 0 Å². The zero-order valence-corrected chi connectivity index (χ0v) is 13.8. The predicted octanol–water partition coefficient (Wildman–Crippen LogP) is 5.25. The Morgan fingerprint density at radius 1 is 1.00 bits per heavy atom. The van der Waals surface area contributed by atoms with Gasteiger partial charge in [-0.1, -0.05) is 0 Å². The Labute approximate surface area is 115 Å². The molecule has 10 fully saturated rings. The maximum atomic E-state index is 5.43. The standard InChI is InChI=1S/C12H10BrO.C5H5.Fe/c1-14-10-6-7-11(12(13)8-10)9-4-2-3-5-9;1-2-4-5-3-1;/h2-8H,1H3;1-5H;. The molecule has 4 unspecified atom stereocenters. The van der Waals surface area contributed by atoms with Gasteiger partial charge >= 0.3 is 116 Å². The second-order valence-electron chi connectivity index (χ2n) is 11.5. The van der Waals surface area contributed by atoms with Gasteiger partial charge in [-0.3, -0.25) is 0 Å². The van der Waals surface area contributed by atoms with Crippen LogP contribution in [0.25, 0.3) is 0 Å². The number of halogens is 1. The molecule has 1 aromatic rings. The number of fused-ring (bicyclic) bond motifs is 10. The van der Waals surface area contributed by atoms with E-state index >= 15 is 0 Å². The molecule has 0 N–H and O–H groups in total. The summed E-state index contributed by atoms with van der Waals surface area (Å²) in [5.41, 5.74) is 1.78. The molecular weight excluding hydrogens is 356 g/mol. The molecule has 10 aliphatic heterocycles. The Morgan fingerprint density at radius 2 is 1.60 bits per heavy atom. The van der Waals surface area contributed by atoms with Gasteiger partial charge < -0.3 is 0 Å². The van der Waals surface area contributed by atoms with Gasteiger partial charge in [-0.05, 0) is 0 Å². The van der Waals surface area contributed by atoms with Crippen molar-refractivity contribution in [3.8, 4) is 5.75 Å². The van der Waals surface area contributed by atoms with E-state index in [4.69, 9.17) is 4.74 Å². The molecule has 0 bridgehead atoms. The molecule has 3 heteroatoms. The normalized spacial score (nSPS) is 103. The number of benzene rings is 1. The third-order valence-electron chi connectivity index (χ3n) is 16.3. The van der Waals surface area contributed by atoms with Crippen molar-refractivity contribution in [2.24, 2.45) is 0 Å². The Morgan fingerprint density at radius 3 is 1.95 bits per heavy atom. The summed E-state index contributed by atoms with van der Waals surface area (Å²) in [6, 6.07) is 6.97. The third kappa shape index (κ3) is 0.0953. The zero-order valence-electron chi connectivity index (χ0n) is 11.1. The quantitative estimate of drug-likeness (QED) is 0.645. The first-order valence-electron chi connectivity index (χ1n) is 8.05. The third-order valence-corrected chi connectivity index (χ3v) is 59.3. The van der Waals surface area contributed by atoms with E-state index in [1.807, 2.05) is 0 Å². The van der Waals surface area contributed by atoms with Crippen molar-refractivity contribution in [2.45, 2.75) is 47.7 Å². The molecule has 0 amide bonds. The molecule has 10 heterocycles. The van der Waals surface area contributed by atoms with Gasteiger partial charge in [0.25, 0.3) is 0 Å². The van der Waals surface area contributed by atoms with Crippen LogP contribution in [-0.4, -0.2) is 7.11 Å². The van der Waals surface area contributed by atoms with E-state index in [0.29, 0.717) is 0 Å². The van der Waals surface area contributed by atoms with Crippen LogP contribution in [0.4, 0.5) is 0 Å². The Balaban J connectivity index is 1.44.